The summed E-state index contributed by atoms with van der Waals surface area (Å²) in [4.78, 5) is 12.8. The number of rotatable bonds is 7. The van der Waals surface area contributed by atoms with Gasteiger partial charge in [-0.3, -0.25) is 4.79 Å². The Hall–Kier alpha value is -1.51. The van der Waals surface area contributed by atoms with Gasteiger partial charge >= 0.3 is 5.97 Å². The first-order chi connectivity index (χ1) is 11.4. The molecule has 0 radical (unpaired) electrons. The maximum absolute atomic E-state index is 13.0. The van der Waals surface area contributed by atoms with E-state index in [2.05, 4.69) is 4.90 Å². The van der Waals surface area contributed by atoms with Crippen molar-refractivity contribution in [3.63, 3.8) is 0 Å². The minimum atomic E-state index is -3.60. The Kier molecular flexibility index (Phi) is 6.70. The summed E-state index contributed by atoms with van der Waals surface area (Å²) in [6.07, 6.45) is 2.30. The summed E-state index contributed by atoms with van der Waals surface area (Å²) < 4.78 is 39.6. The van der Waals surface area contributed by atoms with Crippen LogP contribution in [0.4, 0.5) is 4.39 Å². The molecule has 0 atom stereocenters. The number of halogens is 1. The van der Waals surface area contributed by atoms with E-state index in [9.17, 15) is 17.6 Å². The van der Waals surface area contributed by atoms with E-state index in [0.29, 0.717) is 26.1 Å². The summed E-state index contributed by atoms with van der Waals surface area (Å²) in [7, 11) is -3.60. The van der Waals surface area contributed by atoms with Crippen LogP contribution in [0, 0.1) is 5.82 Å². The highest BCUT2D eigenvalue weighted by Crippen LogP contribution is 2.18. The number of carboxylic acids is 1. The number of carbonyl (C=O) groups is 1. The lowest BCUT2D eigenvalue weighted by atomic mass is 10.2. The molecular formula is C16H23FN2O4S. The Bertz CT molecular complexity index is 649. The lowest BCUT2D eigenvalue weighted by Crippen LogP contribution is -2.35. The van der Waals surface area contributed by atoms with Crippen LogP contribution >= 0.6 is 0 Å². The summed E-state index contributed by atoms with van der Waals surface area (Å²) in [5.74, 6) is -1.25. The summed E-state index contributed by atoms with van der Waals surface area (Å²) >= 11 is 0. The van der Waals surface area contributed by atoms with Crippen LogP contribution in [0.15, 0.2) is 29.2 Å². The van der Waals surface area contributed by atoms with Crippen LogP contribution in [0.5, 0.6) is 0 Å². The molecule has 1 fully saturated rings. The predicted molar refractivity (Wildman–Crippen MR) is 87.7 cm³/mol. The molecule has 1 aliphatic rings. The molecule has 0 aliphatic carbocycles. The zero-order chi connectivity index (χ0) is 17.6. The number of hydrogen-bond acceptors (Lipinski definition) is 4. The molecule has 1 aliphatic heterocycles. The van der Waals surface area contributed by atoms with E-state index in [-0.39, 0.29) is 11.3 Å². The second-order valence-corrected chi connectivity index (χ2v) is 7.84. The Balaban J connectivity index is 1.90. The summed E-state index contributed by atoms with van der Waals surface area (Å²) in [6.45, 7) is 3.01. The van der Waals surface area contributed by atoms with E-state index in [1.807, 2.05) is 0 Å². The fourth-order valence-corrected chi connectivity index (χ4v) is 4.25. The van der Waals surface area contributed by atoms with Gasteiger partial charge in [0.2, 0.25) is 10.0 Å². The van der Waals surface area contributed by atoms with Gasteiger partial charge in [-0.05, 0) is 56.6 Å². The third-order valence-electron chi connectivity index (χ3n) is 4.11. The van der Waals surface area contributed by atoms with Gasteiger partial charge in [-0.1, -0.05) is 0 Å². The lowest BCUT2D eigenvalue weighted by molar-refractivity contribution is -0.137. The number of hydrogen-bond donors (Lipinski definition) is 1. The minimum Gasteiger partial charge on any atom is -0.481 e. The highest BCUT2D eigenvalue weighted by Gasteiger charge is 2.26. The van der Waals surface area contributed by atoms with Crippen molar-refractivity contribution in [2.75, 3.05) is 32.7 Å². The Morgan fingerprint density at radius 1 is 1.08 bits per heavy atom. The number of unbranched alkanes of at least 4 members (excludes halogenated alkanes) is 1. The quantitative estimate of drug-likeness (QED) is 0.752. The SMILES string of the molecule is O=C(O)CCCCN1CCCN(S(=O)(=O)c2ccc(F)cc2)CC1. The average Bonchev–Trinajstić information content (AvgIpc) is 2.78. The van der Waals surface area contributed by atoms with Crippen LogP contribution in [0.1, 0.15) is 25.7 Å². The third-order valence-corrected chi connectivity index (χ3v) is 6.03. The summed E-state index contributed by atoms with van der Waals surface area (Å²) in [6, 6.07) is 4.89. The van der Waals surface area contributed by atoms with Gasteiger partial charge in [0.1, 0.15) is 5.82 Å². The molecule has 2 rings (SSSR count). The largest absolute Gasteiger partial charge is 0.481 e. The molecule has 24 heavy (non-hydrogen) atoms. The van der Waals surface area contributed by atoms with Crippen LogP contribution in [-0.2, 0) is 14.8 Å². The third kappa shape index (κ3) is 5.25. The smallest absolute Gasteiger partial charge is 0.303 e. The van der Waals surface area contributed by atoms with E-state index >= 15 is 0 Å². The van der Waals surface area contributed by atoms with Crippen molar-refractivity contribution in [3.8, 4) is 0 Å². The molecule has 0 amide bonds. The van der Waals surface area contributed by atoms with E-state index in [1.165, 1.54) is 16.4 Å². The van der Waals surface area contributed by atoms with Crippen molar-refractivity contribution < 1.29 is 22.7 Å². The predicted octanol–water partition coefficient (Wildman–Crippen LogP) is 1.78. The zero-order valence-corrected chi connectivity index (χ0v) is 14.3. The van der Waals surface area contributed by atoms with Crippen LogP contribution in [-0.4, -0.2) is 61.4 Å². The molecule has 6 nitrogen and oxygen atoms in total. The molecule has 1 aromatic carbocycles. The molecule has 1 saturated heterocycles. The van der Waals surface area contributed by atoms with Gasteiger partial charge in [-0.25, -0.2) is 12.8 Å². The van der Waals surface area contributed by atoms with E-state index < -0.39 is 21.8 Å². The van der Waals surface area contributed by atoms with Crippen molar-refractivity contribution in [2.24, 2.45) is 0 Å². The number of nitrogens with zero attached hydrogens (tertiary/aromatic N) is 2. The number of carboxylic acid groups (broad SMARTS) is 1. The molecular weight excluding hydrogens is 335 g/mol. The van der Waals surface area contributed by atoms with Gasteiger partial charge in [0.25, 0.3) is 0 Å². The van der Waals surface area contributed by atoms with Crippen molar-refractivity contribution in [3.05, 3.63) is 30.1 Å². The monoisotopic (exact) mass is 358 g/mol. The van der Waals surface area contributed by atoms with Crippen molar-refractivity contribution in [2.45, 2.75) is 30.6 Å². The first kappa shape index (κ1) is 18.8. The van der Waals surface area contributed by atoms with Gasteiger partial charge in [-0.15, -0.1) is 0 Å². The fourth-order valence-electron chi connectivity index (χ4n) is 2.78. The van der Waals surface area contributed by atoms with Crippen LogP contribution in [0.25, 0.3) is 0 Å². The molecule has 0 spiro atoms. The molecule has 0 bridgehead atoms. The zero-order valence-electron chi connectivity index (χ0n) is 13.5. The van der Waals surface area contributed by atoms with Gasteiger partial charge in [0, 0.05) is 26.1 Å². The second-order valence-electron chi connectivity index (χ2n) is 5.90. The fraction of sp³-hybridized carbons (Fsp3) is 0.562. The Labute approximate surface area is 141 Å². The van der Waals surface area contributed by atoms with E-state index in [4.69, 9.17) is 5.11 Å². The minimum absolute atomic E-state index is 0.110. The highest BCUT2D eigenvalue weighted by molar-refractivity contribution is 7.89. The van der Waals surface area contributed by atoms with Crippen LogP contribution < -0.4 is 0 Å². The van der Waals surface area contributed by atoms with Crippen LogP contribution in [0.3, 0.4) is 0 Å². The average molecular weight is 358 g/mol. The lowest BCUT2D eigenvalue weighted by Gasteiger charge is -2.21. The van der Waals surface area contributed by atoms with Gasteiger partial charge in [-0.2, -0.15) is 4.31 Å². The maximum Gasteiger partial charge on any atom is 0.303 e. The Morgan fingerprint density at radius 3 is 2.46 bits per heavy atom. The van der Waals surface area contributed by atoms with Crippen molar-refractivity contribution in [1.29, 1.82) is 0 Å². The molecule has 0 saturated carbocycles. The van der Waals surface area contributed by atoms with Gasteiger partial charge in [0.05, 0.1) is 4.90 Å². The van der Waals surface area contributed by atoms with Crippen molar-refractivity contribution >= 4 is 16.0 Å². The molecule has 1 aromatic rings. The summed E-state index contributed by atoms with van der Waals surface area (Å²) in [5.41, 5.74) is 0. The van der Waals surface area contributed by atoms with Crippen LogP contribution in [0.2, 0.25) is 0 Å². The first-order valence-electron chi connectivity index (χ1n) is 8.09. The normalized spacial score (nSPS) is 17.5. The van der Waals surface area contributed by atoms with E-state index in [0.717, 1.165) is 38.1 Å². The standard InChI is InChI=1S/C16H23FN2O4S/c17-14-5-7-15(8-6-14)24(22,23)19-11-3-10-18(12-13-19)9-2-1-4-16(20)21/h5-8H,1-4,9-13H2,(H,20,21). The molecule has 1 heterocycles. The Morgan fingerprint density at radius 2 is 1.79 bits per heavy atom. The summed E-state index contributed by atoms with van der Waals surface area (Å²) in [5, 5.41) is 8.63. The van der Waals surface area contributed by atoms with Gasteiger partial charge in [0.15, 0.2) is 0 Å². The number of benzene rings is 1. The molecule has 0 unspecified atom stereocenters. The molecule has 8 heteroatoms. The van der Waals surface area contributed by atoms with Gasteiger partial charge < -0.3 is 10.0 Å². The number of sulfonamides is 1. The first-order valence-corrected chi connectivity index (χ1v) is 9.53. The molecule has 1 N–H and O–H groups in total. The number of aliphatic carboxylic acids is 1. The highest BCUT2D eigenvalue weighted by atomic mass is 32.2. The topological polar surface area (TPSA) is 77.9 Å². The molecule has 134 valence electrons. The van der Waals surface area contributed by atoms with Crippen molar-refractivity contribution in [1.82, 2.24) is 9.21 Å². The van der Waals surface area contributed by atoms with E-state index in [1.54, 1.807) is 0 Å². The maximum atomic E-state index is 13.0. The molecule has 0 aromatic heterocycles. The second kappa shape index (κ2) is 8.55.